The highest BCUT2D eigenvalue weighted by molar-refractivity contribution is 5.74. The minimum atomic E-state index is -0.223. The zero-order valence-electron chi connectivity index (χ0n) is 12.2. The first-order valence-corrected chi connectivity index (χ1v) is 7.11. The normalized spacial score (nSPS) is 16.6. The van der Waals surface area contributed by atoms with Crippen LogP contribution in [0.25, 0.3) is 11.1 Å². The van der Waals surface area contributed by atoms with Crippen molar-refractivity contribution in [3.8, 4) is 17.2 Å². The Morgan fingerprint density at radius 2 is 2.00 bits per heavy atom. The van der Waals surface area contributed by atoms with Gasteiger partial charge in [0.15, 0.2) is 0 Å². The molecule has 0 saturated carbocycles. The summed E-state index contributed by atoms with van der Waals surface area (Å²) in [6.45, 7) is 4.75. The molecule has 0 aromatic heterocycles. The van der Waals surface area contributed by atoms with Crippen LogP contribution in [0.2, 0.25) is 0 Å². The Morgan fingerprint density at radius 1 is 1.24 bits per heavy atom. The van der Waals surface area contributed by atoms with Gasteiger partial charge in [-0.1, -0.05) is 18.2 Å². The highest BCUT2D eigenvalue weighted by Gasteiger charge is 2.24. The second-order valence-electron chi connectivity index (χ2n) is 5.57. The van der Waals surface area contributed by atoms with Crippen molar-refractivity contribution in [2.75, 3.05) is 0 Å². The predicted molar refractivity (Wildman–Crippen MR) is 81.1 cm³/mol. The molecule has 3 heteroatoms. The summed E-state index contributed by atoms with van der Waals surface area (Å²) in [4.78, 5) is 0. The van der Waals surface area contributed by atoms with Crippen LogP contribution in [-0.4, -0.2) is 0 Å². The molecule has 1 atom stereocenters. The minimum Gasteiger partial charge on any atom is -0.305 e. The summed E-state index contributed by atoms with van der Waals surface area (Å²) < 4.78 is 13.5. The van der Waals surface area contributed by atoms with Crippen LogP contribution >= 0.6 is 0 Å². The van der Waals surface area contributed by atoms with Gasteiger partial charge in [0.2, 0.25) is 0 Å². The van der Waals surface area contributed by atoms with E-state index < -0.39 is 0 Å². The molecule has 2 nitrogen and oxygen atoms in total. The summed E-state index contributed by atoms with van der Waals surface area (Å²) in [5.41, 5.74) is 6.70. The molecule has 0 fully saturated rings. The quantitative estimate of drug-likeness (QED) is 0.851. The Bertz CT molecular complexity index is 744. The molecular formula is C18H17FN2. The maximum absolute atomic E-state index is 13.5. The van der Waals surface area contributed by atoms with Crippen molar-refractivity contribution in [1.29, 1.82) is 5.26 Å². The van der Waals surface area contributed by atoms with Gasteiger partial charge in [0.25, 0.3) is 0 Å². The van der Waals surface area contributed by atoms with Crippen molar-refractivity contribution >= 4 is 0 Å². The Balaban J connectivity index is 2.28. The van der Waals surface area contributed by atoms with Gasteiger partial charge in [0, 0.05) is 12.6 Å². The first kappa shape index (κ1) is 13.8. The average molecular weight is 280 g/mol. The number of aryl methyl sites for hydroxylation is 1. The van der Waals surface area contributed by atoms with Gasteiger partial charge in [0.05, 0.1) is 12.5 Å². The van der Waals surface area contributed by atoms with E-state index in [0.29, 0.717) is 13.0 Å². The summed E-state index contributed by atoms with van der Waals surface area (Å²) in [6, 6.07) is 11.3. The molecule has 3 rings (SSSR count). The van der Waals surface area contributed by atoms with Crippen LogP contribution in [0.1, 0.15) is 34.7 Å². The summed E-state index contributed by atoms with van der Waals surface area (Å²) in [5, 5.41) is 12.5. The standard InChI is InChI=1S/C18H17FN2/c1-11-3-5-16-15-6-4-14(19)9-13(15)10-21-17(7-8-20)18(16)12(11)2/h3-6,9,17,21H,7,10H2,1-2H3/t17-/m0/s1. The number of nitrogens with one attached hydrogen (secondary N) is 1. The third-order valence-corrected chi connectivity index (χ3v) is 4.33. The van der Waals surface area contributed by atoms with Gasteiger partial charge in [-0.05, 0) is 59.4 Å². The van der Waals surface area contributed by atoms with E-state index in [2.05, 4.69) is 37.4 Å². The molecule has 0 saturated heterocycles. The van der Waals surface area contributed by atoms with Gasteiger partial charge in [-0.3, -0.25) is 0 Å². The molecule has 2 aromatic rings. The molecule has 0 unspecified atom stereocenters. The number of fused-ring (bicyclic) bond motifs is 3. The zero-order chi connectivity index (χ0) is 15.0. The van der Waals surface area contributed by atoms with Crippen LogP contribution in [0.5, 0.6) is 0 Å². The number of halogens is 1. The fourth-order valence-electron chi connectivity index (χ4n) is 3.09. The van der Waals surface area contributed by atoms with E-state index in [4.69, 9.17) is 5.26 Å². The van der Waals surface area contributed by atoms with Crippen molar-refractivity contribution in [3.63, 3.8) is 0 Å². The van der Waals surface area contributed by atoms with E-state index in [0.717, 1.165) is 16.7 Å². The molecule has 2 aromatic carbocycles. The molecule has 1 N–H and O–H groups in total. The molecule has 1 heterocycles. The second-order valence-corrected chi connectivity index (χ2v) is 5.57. The number of nitriles is 1. The van der Waals surface area contributed by atoms with Crippen molar-refractivity contribution in [1.82, 2.24) is 5.32 Å². The molecule has 0 radical (unpaired) electrons. The SMILES string of the molecule is Cc1ccc2c(c1C)[C@H](CC#N)NCc1cc(F)ccc1-2. The maximum Gasteiger partial charge on any atom is 0.123 e. The molecule has 0 amide bonds. The number of benzene rings is 2. The van der Waals surface area contributed by atoms with Crippen molar-refractivity contribution in [3.05, 3.63) is 58.4 Å². The van der Waals surface area contributed by atoms with E-state index in [9.17, 15) is 4.39 Å². The summed E-state index contributed by atoms with van der Waals surface area (Å²) in [5.74, 6) is -0.223. The summed E-state index contributed by atoms with van der Waals surface area (Å²) in [6.07, 6.45) is 0.410. The Hall–Kier alpha value is -2.18. The highest BCUT2D eigenvalue weighted by atomic mass is 19.1. The molecule has 21 heavy (non-hydrogen) atoms. The topological polar surface area (TPSA) is 35.8 Å². The van der Waals surface area contributed by atoms with Crippen LogP contribution in [0, 0.1) is 31.0 Å². The van der Waals surface area contributed by atoms with Gasteiger partial charge in [-0.2, -0.15) is 5.26 Å². The van der Waals surface area contributed by atoms with E-state index in [-0.39, 0.29) is 11.9 Å². The fraction of sp³-hybridized carbons (Fsp3) is 0.278. The Morgan fingerprint density at radius 3 is 2.76 bits per heavy atom. The van der Waals surface area contributed by atoms with Gasteiger partial charge >= 0.3 is 0 Å². The molecule has 0 aliphatic carbocycles. The lowest BCUT2D eigenvalue weighted by Gasteiger charge is -2.20. The Kier molecular flexibility index (Phi) is 3.48. The summed E-state index contributed by atoms with van der Waals surface area (Å²) >= 11 is 0. The number of nitrogens with zero attached hydrogens (tertiary/aromatic N) is 1. The van der Waals surface area contributed by atoms with Crippen molar-refractivity contribution in [2.24, 2.45) is 0 Å². The molecule has 0 bridgehead atoms. The maximum atomic E-state index is 13.5. The van der Waals surface area contributed by atoms with Crippen LogP contribution in [0.15, 0.2) is 30.3 Å². The number of rotatable bonds is 1. The first-order chi connectivity index (χ1) is 10.1. The number of hydrogen-bond acceptors (Lipinski definition) is 2. The zero-order valence-corrected chi connectivity index (χ0v) is 12.2. The van der Waals surface area contributed by atoms with E-state index in [1.807, 2.05) is 6.07 Å². The van der Waals surface area contributed by atoms with Crippen LogP contribution in [0.3, 0.4) is 0 Å². The van der Waals surface area contributed by atoms with E-state index in [1.165, 1.54) is 22.8 Å². The van der Waals surface area contributed by atoms with Crippen molar-refractivity contribution < 1.29 is 4.39 Å². The third-order valence-electron chi connectivity index (χ3n) is 4.33. The fourth-order valence-corrected chi connectivity index (χ4v) is 3.09. The van der Waals surface area contributed by atoms with Gasteiger partial charge in [0.1, 0.15) is 5.82 Å². The van der Waals surface area contributed by atoms with Gasteiger partial charge in [-0.25, -0.2) is 4.39 Å². The van der Waals surface area contributed by atoms with E-state index >= 15 is 0 Å². The molecule has 1 aliphatic heterocycles. The summed E-state index contributed by atoms with van der Waals surface area (Å²) in [7, 11) is 0. The predicted octanol–water partition coefficient (Wildman–Crippen LogP) is 4.17. The van der Waals surface area contributed by atoms with Crippen LogP contribution in [0.4, 0.5) is 4.39 Å². The third kappa shape index (κ3) is 2.32. The second kappa shape index (κ2) is 5.31. The minimum absolute atomic E-state index is 0.0136. The monoisotopic (exact) mass is 280 g/mol. The lowest BCUT2D eigenvalue weighted by molar-refractivity contribution is 0.544. The first-order valence-electron chi connectivity index (χ1n) is 7.11. The molecule has 0 spiro atoms. The van der Waals surface area contributed by atoms with Gasteiger partial charge in [-0.15, -0.1) is 0 Å². The van der Waals surface area contributed by atoms with E-state index in [1.54, 1.807) is 6.07 Å². The Labute approximate surface area is 124 Å². The largest absolute Gasteiger partial charge is 0.305 e. The molecule has 1 aliphatic rings. The smallest absolute Gasteiger partial charge is 0.123 e. The average Bonchev–Trinajstić information content (AvgIpc) is 2.61. The van der Waals surface area contributed by atoms with Crippen LogP contribution in [-0.2, 0) is 6.54 Å². The lowest BCUT2D eigenvalue weighted by Crippen LogP contribution is -2.20. The number of hydrogen-bond donors (Lipinski definition) is 1. The lowest BCUT2D eigenvalue weighted by atomic mass is 9.88. The molecular weight excluding hydrogens is 263 g/mol. The van der Waals surface area contributed by atoms with Crippen molar-refractivity contribution in [2.45, 2.75) is 32.9 Å². The molecule has 106 valence electrons. The van der Waals surface area contributed by atoms with Crippen LogP contribution < -0.4 is 5.32 Å². The highest BCUT2D eigenvalue weighted by Crippen LogP contribution is 2.38. The van der Waals surface area contributed by atoms with Gasteiger partial charge < -0.3 is 5.32 Å².